The van der Waals surface area contributed by atoms with Crippen molar-refractivity contribution in [1.29, 1.82) is 5.26 Å². The van der Waals surface area contributed by atoms with E-state index in [0.717, 1.165) is 0 Å². The zero-order chi connectivity index (χ0) is 10.8. The Kier molecular flexibility index (Phi) is 7.80. The lowest BCUT2D eigenvalue weighted by atomic mass is 10.2. The van der Waals surface area contributed by atoms with Gasteiger partial charge in [-0.1, -0.05) is 6.92 Å². The summed E-state index contributed by atoms with van der Waals surface area (Å²) in [5.41, 5.74) is 0. The van der Waals surface area contributed by atoms with Crippen molar-refractivity contribution < 1.29 is 9.53 Å². The standard InChI is InChI=1S/C9H17N3O2/c1-3-8(6-10)12-7-9(13)11-4-5-14-2/h8,12H,3-5,7H2,1-2H3,(H,11,13). The normalized spacial score (nSPS) is 11.8. The van der Waals surface area contributed by atoms with E-state index >= 15 is 0 Å². The van der Waals surface area contributed by atoms with Crippen LogP contribution in [0.5, 0.6) is 0 Å². The highest BCUT2D eigenvalue weighted by Gasteiger charge is 2.05. The molecule has 5 heteroatoms. The maximum absolute atomic E-state index is 11.1. The molecule has 0 aliphatic rings. The number of carbonyl (C=O) groups excluding carboxylic acids is 1. The molecule has 0 aliphatic heterocycles. The first-order chi connectivity index (χ1) is 6.74. The van der Waals surface area contributed by atoms with Gasteiger partial charge >= 0.3 is 0 Å². The predicted molar refractivity (Wildman–Crippen MR) is 52.6 cm³/mol. The summed E-state index contributed by atoms with van der Waals surface area (Å²) in [7, 11) is 1.58. The van der Waals surface area contributed by atoms with Crippen LogP contribution in [0.4, 0.5) is 0 Å². The topological polar surface area (TPSA) is 74.2 Å². The Morgan fingerprint density at radius 3 is 2.86 bits per heavy atom. The lowest BCUT2D eigenvalue weighted by molar-refractivity contribution is -0.120. The maximum atomic E-state index is 11.1. The van der Waals surface area contributed by atoms with Crippen LogP contribution in [-0.4, -0.2) is 38.8 Å². The highest BCUT2D eigenvalue weighted by atomic mass is 16.5. The zero-order valence-corrected chi connectivity index (χ0v) is 8.67. The van der Waals surface area contributed by atoms with E-state index in [9.17, 15) is 4.79 Å². The van der Waals surface area contributed by atoms with Crippen molar-refractivity contribution in [2.45, 2.75) is 19.4 Å². The van der Waals surface area contributed by atoms with Crippen molar-refractivity contribution in [1.82, 2.24) is 10.6 Å². The summed E-state index contributed by atoms with van der Waals surface area (Å²) in [6.45, 7) is 3.07. The molecule has 80 valence electrons. The summed E-state index contributed by atoms with van der Waals surface area (Å²) in [5, 5.41) is 14.1. The van der Waals surface area contributed by atoms with E-state index in [1.807, 2.05) is 6.92 Å². The lowest BCUT2D eigenvalue weighted by Gasteiger charge is -2.08. The van der Waals surface area contributed by atoms with E-state index < -0.39 is 0 Å². The van der Waals surface area contributed by atoms with Crippen LogP contribution in [0.15, 0.2) is 0 Å². The Hall–Kier alpha value is -1.12. The highest BCUT2D eigenvalue weighted by molar-refractivity contribution is 5.78. The smallest absolute Gasteiger partial charge is 0.234 e. The van der Waals surface area contributed by atoms with Crippen molar-refractivity contribution in [2.24, 2.45) is 0 Å². The Labute approximate surface area is 84.4 Å². The van der Waals surface area contributed by atoms with Crippen LogP contribution in [0, 0.1) is 11.3 Å². The van der Waals surface area contributed by atoms with Gasteiger partial charge in [0.05, 0.1) is 25.3 Å². The molecule has 0 bridgehead atoms. The number of hydrogen-bond donors (Lipinski definition) is 2. The number of hydrogen-bond acceptors (Lipinski definition) is 4. The number of nitrogens with one attached hydrogen (secondary N) is 2. The van der Waals surface area contributed by atoms with Gasteiger partial charge in [0.25, 0.3) is 0 Å². The second-order valence-electron chi connectivity index (χ2n) is 2.81. The van der Waals surface area contributed by atoms with Gasteiger partial charge in [0.1, 0.15) is 0 Å². The molecule has 0 aliphatic carbocycles. The van der Waals surface area contributed by atoms with E-state index in [0.29, 0.717) is 19.6 Å². The molecule has 5 nitrogen and oxygen atoms in total. The van der Waals surface area contributed by atoms with Gasteiger partial charge in [-0.25, -0.2) is 0 Å². The number of rotatable bonds is 7. The minimum absolute atomic E-state index is 0.115. The number of carbonyl (C=O) groups is 1. The van der Waals surface area contributed by atoms with Crippen LogP contribution < -0.4 is 10.6 Å². The first-order valence-corrected chi connectivity index (χ1v) is 4.63. The molecule has 2 N–H and O–H groups in total. The van der Waals surface area contributed by atoms with Crippen LogP contribution >= 0.6 is 0 Å². The molecule has 0 spiro atoms. The Morgan fingerprint density at radius 1 is 1.64 bits per heavy atom. The minimum atomic E-state index is -0.247. The summed E-state index contributed by atoms with van der Waals surface area (Å²) in [5.74, 6) is -0.115. The van der Waals surface area contributed by atoms with Gasteiger partial charge < -0.3 is 10.1 Å². The predicted octanol–water partition coefficient (Wildman–Crippen LogP) is -0.359. The maximum Gasteiger partial charge on any atom is 0.234 e. The summed E-state index contributed by atoms with van der Waals surface area (Å²) in [6, 6.07) is 1.81. The van der Waals surface area contributed by atoms with Gasteiger partial charge in [-0.15, -0.1) is 0 Å². The van der Waals surface area contributed by atoms with Crippen LogP contribution in [0.25, 0.3) is 0 Å². The fourth-order valence-corrected chi connectivity index (χ4v) is 0.852. The molecule has 0 aromatic carbocycles. The van der Waals surface area contributed by atoms with Gasteiger partial charge in [0.15, 0.2) is 0 Å². The molecule has 0 saturated heterocycles. The average molecular weight is 199 g/mol. The Morgan fingerprint density at radius 2 is 2.36 bits per heavy atom. The van der Waals surface area contributed by atoms with Crippen molar-refractivity contribution in [3.8, 4) is 6.07 Å². The summed E-state index contributed by atoms with van der Waals surface area (Å²) >= 11 is 0. The minimum Gasteiger partial charge on any atom is -0.383 e. The van der Waals surface area contributed by atoms with Crippen LogP contribution in [0.3, 0.4) is 0 Å². The first kappa shape index (κ1) is 12.9. The molecule has 0 rings (SSSR count). The number of amides is 1. The van der Waals surface area contributed by atoms with Crippen LogP contribution in [-0.2, 0) is 9.53 Å². The molecule has 1 atom stereocenters. The second kappa shape index (κ2) is 8.48. The largest absolute Gasteiger partial charge is 0.383 e. The van der Waals surface area contributed by atoms with E-state index in [1.165, 1.54) is 0 Å². The Balaban J connectivity index is 3.48. The van der Waals surface area contributed by atoms with Gasteiger partial charge in [-0.2, -0.15) is 5.26 Å². The summed E-state index contributed by atoms with van der Waals surface area (Å²) in [6.07, 6.45) is 0.696. The number of methoxy groups -OCH3 is 1. The molecule has 0 aromatic heterocycles. The number of nitriles is 1. The molecule has 14 heavy (non-hydrogen) atoms. The third kappa shape index (κ3) is 6.40. The molecule has 0 aromatic rings. The summed E-state index contributed by atoms with van der Waals surface area (Å²) in [4.78, 5) is 11.1. The van der Waals surface area contributed by atoms with E-state index in [-0.39, 0.29) is 18.5 Å². The van der Waals surface area contributed by atoms with Crippen molar-refractivity contribution in [3.05, 3.63) is 0 Å². The molecular weight excluding hydrogens is 182 g/mol. The fourth-order valence-electron chi connectivity index (χ4n) is 0.852. The fraction of sp³-hybridized carbons (Fsp3) is 0.778. The SMILES string of the molecule is CCC(C#N)NCC(=O)NCCOC. The number of nitrogens with zero attached hydrogens (tertiary/aromatic N) is 1. The van der Waals surface area contributed by atoms with Gasteiger partial charge in [-0.05, 0) is 6.42 Å². The second-order valence-corrected chi connectivity index (χ2v) is 2.81. The van der Waals surface area contributed by atoms with Crippen LogP contribution in [0.1, 0.15) is 13.3 Å². The van der Waals surface area contributed by atoms with E-state index in [2.05, 4.69) is 16.7 Å². The van der Waals surface area contributed by atoms with E-state index in [1.54, 1.807) is 7.11 Å². The molecule has 1 unspecified atom stereocenters. The van der Waals surface area contributed by atoms with Crippen LogP contribution in [0.2, 0.25) is 0 Å². The van der Waals surface area contributed by atoms with Gasteiger partial charge in [0.2, 0.25) is 5.91 Å². The first-order valence-electron chi connectivity index (χ1n) is 4.63. The third-order valence-electron chi connectivity index (χ3n) is 1.70. The molecule has 1 amide bonds. The van der Waals surface area contributed by atoms with E-state index in [4.69, 9.17) is 10.00 Å². The quantitative estimate of drug-likeness (QED) is 0.549. The monoisotopic (exact) mass is 199 g/mol. The number of ether oxygens (including phenoxy) is 1. The molecule has 0 radical (unpaired) electrons. The molecular formula is C9H17N3O2. The molecule has 0 fully saturated rings. The summed E-state index contributed by atoms with van der Waals surface area (Å²) < 4.78 is 4.77. The van der Waals surface area contributed by atoms with Crippen molar-refractivity contribution in [2.75, 3.05) is 26.8 Å². The van der Waals surface area contributed by atoms with Gasteiger partial charge in [-0.3, -0.25) is 10.1 Å². The highest BCUT2D eigenvalue weighted by Crippen LogP contribution is 1.85. The average Bonchev–Trinajstić information content (AvgIpc) is 2.20. The lowest BCUT2D eigenvalue weighted by Crippen LogP contribution is -2.39. The van der Waals surface area contributed by atoms with Crippen molar-refractivity contribution >= 4 is 5.91 Å². The Bertz CT molecular complexity index is 201. The van der Waals surface area contributed by atoms with Gasteiger partial charge in [0, 0.05) is 13.7 Å². The third-order valence-corrected chi connectivity index (χ3v) is 1.70. The van der Waals surface area contributed by atoms with Crippen molar-refractivity contribution in [3.63, 3.8) is 0 Å². The zero-order valence-electron chi connectivity index (χ0n) is 8.67. The molecule has 0 heterocycles. The molecule has 0 saturated carbocycles.